The van der Waals surface area contributed by atoms with Gasteiger partial charge in [0.25, 0.3) is 0 Å². The molecule has 0 fully saturated rings. The predicted molar refractivity (Wildman–Crippen MR) is 142 cm³/mol. The standard InChI is InChI=1S/C30H26F6N2O2/c1-39-25-15-3-19(4-16-25)27(37-23-11-7-21(8-12-23)29(31,32)33)28(20-5-17-26(40-2)18-6-20)38-24-13-9-22(10-14-24)30(34,35)36/h3-18,27-28,37-38H,1-2H3/t27-,28-/m1/s1. The number of hydrogen-bond acceptors (Lipinski definition) is 4. The molecule has 0 aliphatic heterocycles. The molecule has 0 aliphatic rings. The number of benzene rings is 4. The highest BCUT2D eigenvalue weighted by molar-refractivity contribution is 5.53. The fourth-order valence-corrected chi connectivity index (χ4v) is 4.21. The summed E-state index contributed by atoms with van der Waals surface area (Å²) in [5, 5.41) is 6.63. The Kier molecular flexibility index (Phi) is 8.46. The SMILES string of the molecule is COc1ccc([C@@H](Nc2ccc(C(F)(F)F)cc2)[C@H](Nc2ccc(C(F)(F)F)cc2)c2ccc(OC)cc2)cc1. The lowest BCUT2D eigenvalue weighted by Gasteiger charge is -2.32. The van der Waals surface area contributed by atoms with Crippen LogP contribution in [0.15, 0.2) is 97.1 Å². The quantitative estimate of drug-likeness (QED) is 0.201. The summed E-state index contributed by atoms with van der Waals surface area (Å²) in [5.74, 6) is 1.21. The second-order valence-electron chi connectivity index (χ2n) is 8.94. The van der Waals surface area contributed by atoms with Crippen molar-refractivity contribution in [2.24, 2.45) is 0 Å². The molecule has 210 valence electrons. The van der Waals surface area contributed by atoms with E-state index >= 15 is 0 Å². The topological polar surface area (TPSA) is 42.5 Å². The second kappa shape index (κ2) is 11.8. The van der Waals surface area contributed by atoms with Gasteiger partial charge in [0, 0.05) is 11.4 Å². The van der Waals surface area contributed by atoms with Crippen molar-refractivity contribution in [1.29, 1.82) is 0 Å². The minimum Gasteiger partial charge on any atom is -0.497 e. The Bertz CT molecular complexity index is 1260. The van der Waals surface area contributed by atoms with Crippen LogP contribution >= 0.6 is 0 Å². The van der Waals surface area contributed by atoms with Gasteiger partial charge in [-0.2, -0.15) is 26.3 Å². The lowest BCUT2D eigenvalue weighted by Crippen LogP contribution is -2.26. The van der Waals surface area contributed by atoms with Crippen LogP contribution in [0.4, 0.5) is 37.7 Å². The molecular formula is C30H26F6N2O2. The van der Waals surface area contributed by atoms with E-state index in [1.807, 2.05) is 24.3 Å². The molecule has 0 aromatic heterocycles. The maximum atomic E-state index is 13.2. The predicted octanol–water partition coefficient (Wildman–Crippen LogP) is 8.75. The van der Waals surface area contributed by atoms with Crippen molar-refractivity contribution in [3.8, 4) is 11.5 Å². The van der Waals surface area contributed by atoms with E-state index in [9.17, 15) is 26.3 Å². The van der Waals surface area contributed by atoms with Crippen molar-refractivity contribution >= 4 is 11.4 Å². The minimum absolute atomic E-state index is 0.418. The highest BCUT2D eigenvalue weighted by atomic mass is 19.4. The van der Waals surface area contributed by atoms with Gasteiger partial charge >= 0.3 is 12.4 Å². The lowest BCUT2D eigenvalue weighted by molar-refractivity contribution is -0.138. The van der Waals surface area contributed by atoms with Crippen LogP contribution in [-0.2, 0) is 12.4 Å². The van der Waals surface area contributed by atoms with Gasteiger partial charge in [0.15, 0.2) is 0 Å². The molecule has 0 heterocycles. The molecule has 0 amide bonds. The zero-order chi connectivity index (χ0) is 28.9. The van der Waals surface area contributed by atoms with Crippen molar-refractivity contribution in [2.45, 2.75) is 24.4 Å². The molecule has 0 spiro atoms. The number of hydrogen-bond donors (Lipinski definition) is 2. The molecule has 40 heavy (non-hydrogen) atoms. The zero-order valence-corrected chi connectivity index (χ0v) is 21.5. The molecule has 4 aromatic rings. The third-order valence-corrected chi connectivity index (χ3v) is 6.35. The Hall–Kier alpha value is -4.34. The Morgan fingerprint density at radius 3 is 1.02 bits per heavy atom. The average Bonchev–Trinajstić information content (AvgIpc) is 2.94. The van der Waals surface area contributed by atoms with E-state index < -0.39 is 35.6 Å². The molecule has 0 aliphatic carbocycles. The van der Waals surface area contributed by atoms with E-state index in [0.717, 1.165) is 35.4 Å². The first-order valence-electron chi connectivity index (χ1n) is 12.1. The second-order valence-corrected chi connectivity index (χ2v) is 8.94. The van der Waals surface area contributed by atoms with Crippen LogP contribution in [0.5, 0.6) is 11.5 Å². The highest BCUT2D eigenvalue weighted by Gasteiger charge is 2.32. The van der Waals surface area contributed by atoms with Crippen LogP contribution in [-0.4, -0.2) is 14.2 Å². The number of anilines is 2. The van der Waals surface area contributed by atoms with E-state index in [-0.39, 0.29) is 0 Å². The van der Waals surface area contributed by atoms with Crippen LogP contribution in [0.1, 0.15) is 34.3 Å². The minimum atomic E-state index is -4.48. The van der Waals surface area contributed by atoms with Crippen molar-refractivity contribution in [1.82, 2.24) is 0 Å². The molecule has 0 radical (unpaired) electrons. The van der Waals surface area contributed by atoms with Crippen molar-refractivity contribution in [3.63, 3.8) is 0 Å². The van der Waals surface area contributed by atoms with E-state index in [1.54, 1.807) is 24.3 Å². The van der Waals surface area contributed by atoms with Gasteiger partial charge in [-0.05, 0) is 83.9 Å². The van der Waals surface area contributed by atoms with Gasteiger partial charge in [-0.1, -0.05) is 24.3 Å². The first-order valence-corrected chi connectivity index (χ1v) is 12.1. The summed E-state index contributed by atoms with van der Waals surface area (Å²) in [6.45, 7) is 0. The Balaban J connectivity index is 1.77. The first-order chi connectivity index (χ1) is 19.0. The van der Waals surface area contributed by atoms with Crippen molar-refractivity contribution < 1.29 is 35.8 Å². The maximum Gasteiger partial charge on any atom is 0.416 e. The molecule has 2 N–H and O–H groups in total. The Morgan fingerprint density at radius 1 is 0.475 bits per heavy atom. The number of rotatable bonds is 9. The number of nitrogens with one attached hydrogen (secondary N) is 2. The van der Waals surface area contributed by atoms with Crippen LogP contribution in [0, 0.1) is 0 Å². The van der Waals surface area contributed by atoms with Gasteiger partial charge in [-0.3, -0.25) is 0 Å². The molecule has 10 heteroatoms. The summed E-state index contributed by atoms with van der Waals surface area (Å²) in [6, 6.07) is 22.4. The molecule has 4 nitrogen and oxygen atoms in total. The molecule has 0 bridgehead atoms. The lowest BCUT2D eigenvalue weighted by atomic mass is 9.92. The van der Waals surface area contributed by atoms with E-state index in [4.69, 9.17) is 9.47 Å². The Morgan fingerprint density at radius 2 is 0.775 bits per heavy atom. The van der Waals surface area contributed by atoms with Crippen LogP contribution in [0.25, 0.3) is 0 Å². The summed E-state index contributed by atoms with van der Waals surface area (Å²) in [5.41, 5.74) is 0.771. The van der Waals surface area contributed by atoms with Crippen molar-refractivity contribution in [3.05, 3.63) is 119 Å². The largest absolute Gasteiger partial charge is 0.497 e. The van der Waals surface area contributed by atoms with Crippen LogP contribution in [0.2, 0.25) is 0 Å². The number of halogens is 6. The van der Waals surface area contributed by atoms with Crippen LogP contribution < -0.4 is 20.1 Å². The van der Waals surface area contributed by atoms with Gasteiger partial charge in [-0.25, -0.2) is 0 Å². The van der Waals surface area contributed by atoms with Crippen molar-refractivity contribution in [2.75, 3.05) is 24.9 Å². The molecule has 0 saturated carbocycles. The average molecular weight is 561 g/mol. The summed E-state index contributed by atoms with van der Waals surface area (Å²) in [7, 11) is 3.05. The van der Waals surface area contributed by atoms with Crippen LogP contribution in [0.3, 0.4) is 0 Å². The molecule has 0 saturated heterocycles. The molecular weight excluding hydrogens is 534 g/mol. The first kappa shape index (κ1) is 28.7. The van der Waals surface area contributed by atoms with Gasteiger partial charge in [0.1, 0.15) is 11.5 Å². The van der Waals surface area contributed by atoms with Gasteiger partial charge in [0.05, 0.1) is 37.4 Å². The monoisotopic (exact) mass is 560 g/mol. The smallest absolute Gasteiger partial charge is 0.416 e. The summed E-state index contributed by atoms with van der Waals surface area (Å²) in [6.07, 6.45) is -8.96. The third kappa shape index (κ3) is 6.99. The van der Waals surface area contributed by atoms with Gasteiger partial charge in [-0.15, -0.1) is 0 Å². The zero-order valence-electron chi connectivity index (χ0n) is 21.5. The van der Waals surface area contributed by atoms with Gasteiger partial charge < -0.3 is 20.1 Å². The molecule has 2 atom stereocenters. The maximum absolute atomic E-state index is 13.2. The number of alkyl halides is 6. The fourth-order valence-electron chi connectivity index (χ4n) is 4.21. The normalized spacial score (nSPS) is 13.3. The number of methoxy groups -OCH3 is 2. The number of ether oxygens (including phenoxy) is 2. The molecule has 4 rings (SSSR count). The Labute approximate surface area is 227 Å². The summed E-state index contributed by atoms with van der Waals surface area (Å²) >= 11 is 0. The fraction of sp³-hybridized carbons (Fsp3) is 0.200. The van der Waals surface area contributed by atoms with E-state index in [1.165, 1.54) is 38.5 Å². The van der Waals surface area contributed by atoms with E-state index in [2.05, 4.69) is 10.6 Å². The van der Waals surface area contributed by atoms with Gasteiger partial charge in [0.2, 0.25) is 0 Å². The highest BCUT2D eigenvalue weighted by Crippen LogP contribution is 2.38. The molecule has 0 unspecified atom stereocenters. The third-order valence-electron chi connectivity index (χ3n) is 6.35. The summed E-state index contributed by atoms with van der Waals surface area (Å²) < 4.78 is 89.4. The van der Waals surface area contributed by atoms with E-state index in [0.29, 0.717) is 22.9 Å². The molecule has 4 aromatic carbocycles. The summed E-state index contributed by atoms with van der Waals surface area (Å²) in [4.78, 5) is 0.